The third-order valence-corrected chi connectivity index (χ3v) is 2.21. The number of benzene rings is 1. The number of amides is 1. The van der Waals surface area contributed by atoms with Crippen molar-refractivity contribution < 1.29 is 14.1 Å². The van der Waals surface area contributed by atoms with Crippen LogP contribution in [-0.4, -0.2) is 17.0 Å². The number of nitrogens with one attached hydrogen (secondary N) is 1. The highest BCUT2D eigenvalue weighted by Gasteiger charge is 2.06. The monoisotopic (exact) mass is 259 g/mol. The summed E-state index contributed by atoms with van der Waals surface area (Å²) in [5.41, 5.74) is 2.72. The van der Waals surface area contributed by atoms with Crippen molar-refractivity contribution in [2.45, 2.75) is 0 Å². The zero-order valence-corrected chi connectivity index (χ0v) is 9.65. The van der Waals surface area contributed by atoms with E-state index < -0.39 is 10.8 Å². The Balaban J connectivity index is 2.01. The number of carbonyl (C=O) groups excluding carboxylic acids is 1. The SMILES string of the molecule is O=C(NN=Cc1cccc([N+](=O)[O-])c1)c1ccco1. The Bertz CT molecular complexity index is 620. The van der Waals surface area contributed by atoms with E-state index in [0.717, 1.165) is 0 Å². The molecule has 0 radical (unpaired) electrons. The normalized spacial score (nSPS) is 10.5. The van der Waals surface area contributed by atoms with Gasteiger partial charge in [0, 0.05) is 17.7 Å². The fourth-order valence-corrected chi connectivity index (χ4v) is 1.35. The van der Waals surface area contributed by atoms with Crippen LogP contribution in [0.1, 0.15) is 16.1 Å². The highest BCUT2D eigenvalue weighted by molar-refractivity contribution is 5.92. The summed E-state index contributed by atoms with van der Waals surface area (Å²) < 4.78 is 4.87. The molecule has 19 heavy (non-hydrogen) atoms. The van der Waals surface area contributed by atoms with E-state index >= 15 is 0 Å². The molecule has 1 N–H and O–H groups in total. The summed E-state index contributed by atoms with van der Waals surface area (Å²) in [6.07, 6.45) is 2.69. The molecule has 1 aromatic heterocycles. The summed E-state index contributed by atoms with van der Waals surface area (Å²) >= 11 is 0. The van der Waals surface area contributed by atoms with Gasteiger partial charge in [0.15, 0.2) is 5.76 Å². The van der Waals surface area contributed by atoms with Gasteiger partial charge in [-0.1, -0.05) is 12.1 Å². The van der Waals surface area contributed by atoms with E-state index in [1.165, 1.54) is 36.7 Å². The lowest BCUT2D eigenvalue weighted by Crippen LogP contribution is -2.16. The molecule has 1 amide bonds. The lowest BCUT2D eigenvalue weighted by atomic mass is 10.2. The van der Waals surface area contributed by atoms with Gasteiger partial charge in [-0.2, -0.15) is 5.10 Å². The highest BCUT2D eigenvalue weighted by Crippen LogP contribution is 2.11. The molecule has 1 aromatic carbocycles. The molecule has 7 heteroatoms. The fraction of sp³-hybridized carbons (Fsp3) is 0. The van der Waals surface area contributed by atoms with E-state index in [0.29, 0.717) is 5.56 Å². The second-order valence-corrected chi connectivity index (χ2v) is 3.53. The van der Waals surface area contributed by atoms with E-state index in [4.69, 9.17) is 4.42 Å². The Morgan fingerprint density at radius 1 is 1.37 bits per heavy atom. The Hall–Kier alpha value is -2.96. The number of rotatable bonds is 4. The Kier molecular flexibility index (Phi) is 3.67. The van der Waals surface area contributed by atoms with Gasteiger partial charge in [-0.3, -0.25) is 14.9 Å². The molecule has 0 unspecified atom stereocenters. The smallest absolute Gasteiger partial charge is 0.307 e. The van der Waals surface area contributed by atoms with Crippen LogP contribution in [0.25, 0.3) is 0 Å². The van der Waals surface area contributed by atoms with Crippen molar-refractivity contribution in [3.8, 4) is 0 Å². The van der Waals surface area contributed by atoms with Crippen molar-refractivity contribution in [1.29, 1.82) is 0 Å². The molecule has 2 rings (SSSR count). The molecule has 0 bridgehead atoms. The molecule has 1 heterocycles. The second-order valence-electron chi connectivity index (χ2n) is 3.53. The van der Waals surface area contributed by atoms with E-state index in [1.807, 2.05) is 0 Å². The van der Waals surface area contributed by atoms with Crippen molar-refractivity contribution in [2.24, 2.45) is 5.10 Å². The average Bonchev–Trinajstić information content (AvgIpc) is 2.93. The minimum absolute atomic E-state index is 0.0405. The van der Waals surface area contributed by atoms with Crippen molar-refractivity contribution in [2.75, 3.05) is 0 Å². The molecule has 0 saturated carbocycles. The van der Waals surface area contributed by atoms with Crippen molar-refractivity contribution in [3.05, 3.63) is 64.1 Å². The Labute approximate surface area is 107 Å². The molecule has 96 valence electrons. The number of nitro groups is 1. The van der Waals surface area contributed by atoms with Crippen LogP contribution in [0.3, 0.4) is 0 Å². The molecular weight excluding hydrogens is 250 g/mol. The van der Waals surface area contributed by atoms with Gasteiger partial charge in [0.1, 0.15) is 0 Å². The molecule has 0 aliphatic carbocycles. The van der Waals surface area contributed by atoms with Crippen molar-refractivity contribution >= 4 is 17.8 Å². The summed E-state index contributed by atoms with van der Waals surface area (Å²) in [5, 5.41) is 14.3. The first-order valence-electron chi connectivity index (χ1n) is 5.28. The quantitative estimate of drug-likeness (QED) is 0.515. The van der Waals surface area contributed by atoms with E-state index in [1.54, 1.807) is 12.1 Å². The maximum atomic E-state index is 11.4. The van der Waals surface area contributed by atoms with Crippen LogP contribution in [0.2, 0.25) is 0 Å². The number of non-ortho nitro benzene ring substituents is 1. The minimum Gasteiger partial charge on any atom is -0.459 e. The van der Waals surface area contributed by atoms with Crippen LogP contribution in [-0.2, 0) is 0 Å². The van der Waals surface area contributed by atoms with Gasteiger partial charge >= 0.3 is 5.91 Å². The molecule has 7 nitrogen and oxygen atoms in total. The summed E-state index contributed by atoms with van der Waals surface area (Å²) in [6, 6.07) is 8.97. The summed E-state index contributed by atoms with van der Waals surface area (Å²) in [4.78, 5) is 21.5. The molecule has 0 saturated heterocycles. The molecule has 0 fully saturated rings. The highest BCUT2D eigenvalue weighted by atomic mass is 16.6. The summed E-state index contributed by atoms with van der Waals surface area (Å²) in [6.45, 7) is 0. The van der Waals surface area contributed by atoms with Gasteiger partial charge in [0.25, 0.3) is 5.69 Å². The van der Waals surface area contributed by atoms with Crippen LogP contribution in [0.4, 0.5) is 5.69 Å². The summed E-state index contributed by atoms with van der Waals surface area (Å²) in [7, 11) is 0. The number of hydrogen-bond acceptors (Lipinski definition) is 5. The average molecular weight is 259 g/mol. The largest absolute Gasteiger partial charge is 0.459 e. The van der Waals surface area contributed by atoms with Crippen molar-refractivity contribution in [3.63, 3.8) is 0 Å². The maximum Gasteiger partial charge on any atom is 0.307 e. The number of nitro benzene ring substituents is 1. The van der Waals surface area contributed by atoms with E-state index in [2.05, 4.69) is 10.5 Å². The van der Waals surface area contributed by atoms with Crippen LogP contribution in [0.5, 0.6) is 0 Å². The maximum absolute atomic E-state index is 11.4. The lowest BCUT2D eigenvalue weighted by molar-refractivity contribution is -0.384. The van der Waals surface area contributed by atoms with Crippen LogP contribution < -0.4 is 5.43 Å². The molecule has 0 spiro atoms. The number of hydrogen-bond donors (Lipinski definition) is 1. The lowest BCUT2D eigenvalue weighted by Gasteiger charge is -1.96. The third kappa shape index (κ3) is 3.25. The predicted octanol–water partition coefficient (Wildman–Crippen LogP) is 1.95. The molecule has 0 aliphatic rings. The minimum atomic E-state index is -0.501. The van der Waals surface area contributed by atoms with Gasteiger partial charge in [-0.05, 0) is 12.1 Å². The first-order chi connectivity index (χ1) is 9.16. The number of nitrogens with zero attached hydrogens (tertiary/aromatic N) is 2. The molecule has 0 aliphatic heterocycles. The van der Waals surface area contributed by atoms with Crippen LogP contribution in [0.15, 0.2) is 52.2 Å². The second kappa shape index (κ2) is 5.58. The molecular formula is C12H9N3O4. The topological polar surface area (TPSA) is 97.7 Å². The standard InChI is InChI=1S/C12H9N3O4/c16-12(11-5-2-6-19-11)14-13-8-9-3-1-4-10(7-9)15(17)18/h1-8H,(H,14,16). The van der Waals surface area contributed by atoms with Crippen LogP contribution >= 0.6 is 0 Å². The van der Waals surface area contributed by atoms with E-state index in [9.17, 15) is 14.9 Å². The first kappa shape index (κ1) is 12.5. The molecule has 0 atom stereocenters. The third-order valence-electron chi connectivity index (χ3n) is 2.21. The number of carbonyl (C=O) groups is 1. The van der Waals surface area contributed by atoms with Gasteiger partial charge < -0.3 is 4.42 Å². The molecule has 2 aromatic rings. The first-order valence-corrected chi connectivity index (χ1v) is 5.28. The van der Waals surface area contributed by atoms with Gasteiger partial charge in [0.2, 0.25) is 0 Å². The summed E-state index contributed by atoms with van der Waals surface area (Å²) in [5.74, 6) is -0.358. The van der Waals surface area contributed by atoms with Crippen LogP contribution in [0, 0.1) is 10.1 Å². The van der Waals surface area contributed by atoms with Gasteiger partial charge in [-0.25, -0.2) is 5.43 Å². The van der Waals surface area contributed by atoms with E-state index in [-0.39, 0.29) is 11.4 Å². The predicted molar refractivity (Wildman–Crippen MR) is 66.9 cm³/mol. The van der Waals surface area contributed by atoms with Gasteiger partial charge in [-0.15, -0.1) is 0 Å². The Morgan fingerprint density at radius 3 is 2.89 bits per heavy atom. The van der Waals surface area contributed by atoms with Gasteiger partial charge in [0.05, 0.1) is 17.4 Å². The zero-order chi connectivity index (χ0) is 13.7. The Morgan fingerprint density at radius 2 is 2.21 bits per heavy atom. The van der Waals surface area contributed by atoms with Crippen molar-refractivity contribution in [1.82, 2.24) is 5.43 Å². The zero-order valence-electron chi connectivity index (χ0n) is 9.65. The number of furan rings is 1. The number of hydrazone groups is 1. The fourth-order valence-electron chi connectivity index (χ4n) is 1.35.